The molecule has 5 N–H and O–H groups in total. The van der Waals surface area contributed by atoms with E-state index in [0.717, 1.165) is 15.4 Å². The van der Waals surface area contributed by atoms with Crippen molar-refractivity contribution in [3.8, 4) is 5.75 Å². The average molecular weight is 374 g/mol. The standard InChI is InChI=1S/C14H16BrNO6/c15-6-1-2-7-8(3-6)16-4-9(7)21-14-13(20)12(19)11(18)10(5-17)22-14/h1-4,10-14,16-20H,5H2/t10-,11+,12+,13-,14-/m1/s1. The molecule has 0 spiro atoms. The quantitative estimate of drug-likeness (QED) is 0.521. The number of nitrogens with one attached hydrogen (secondary N) is 1. The second-order valence-corrected chi connectivity index (χ2v) is 6.07. The first-order chi connectivity index (χ1) is 10.5. The second kappa shape index (κ2) is 6.15. The highest BCUT2D eigenvalue weighted by Gasteiger charge is 2.44. The Kier molecular flexibility index (Phi) is 4.40. The van der Waals surface area contributed by atoms with Gasteiger partial charge in [0.15, 0.2) is 0 Å². The SMILES string of the molecule is OC[C@H]1O[C@@H](Oc2c[nH]c3cc(Br)ccc23)[C@H](O)[C@@H](O)[C@H]1O. The lowest BCUT2D eigenvalue weighted by Crippen LogP contribution is -2.60. The van der Waals surface area contributed by atoms with E-state index in [1.807, 2.05) is 18.2 Å². The highest BCUT2D eigenvalue weighted by atomic mass is 79.9. The summed E-state index contributed by atoms with van der Waals surface area (Å²) < 4.78 is 11.8. The molecular formula is C14H16BrNO6. The van der Waals surface area contributed by atoms with Gasteiger partial charge in [0, 0.05) is 16.1 Å². The van der Waals surface area contributed by atoms with E-state index >= 15 is 0 Å². The minimum Gasteiger partial charge on any atom is -0.460 e. The third kappa shape index (κ3) is 2.73. The lowest BCUT2D eigenvalue weighted by Gasteiger charge is -2.39. The summed E-state index contributed by atoms with van der Waals surface area (Å²) in [6, 6.07) is 5.54. The molecule has 0 radical (unpaired) electrons. The Morgan fingerprint density at radius 3 is 2.68 bits per heavy atom. The average Bonchev–Trinajstić information content (AvgIpc) is 2.90. The van der Waals surface area contributed by atoms with Crippen LogP contribution < -0.4 is 4.74 Å². The van der Waals surface area contributed by atoms with Gasteiger partial charge in [-0.15, -0.1) is 0 Å². The molecule has 0 saturated carbocycles. The number of H-pyrrole nitrogens is 1. The zero-order chi connectivity index (χ0) is 15.9. The third-order valence-electron chi connectivity index (χ3n) is 3.70. The van der Waals surface area contributed by atoms with Crippen molar-refractivity contribution in [2.75, 3.05) is 6.61 Å². The van der Waals surface area contributed by atoms with Crippen LogP contribution in [0.4, 0.5) is 0 Å². The van der Waals surface area contributed by atoms with E-state index < -0.39 is 37.3 Å². The first-order valence-corrected chi connectivity index (χ1v) is 7.54. The van der Waals surface area contributed by atoms with Crippen molar-refractivity contribution in [3.63, 3.8) is 0 Å². The number of ether oxygens (including phenoxy) is 2. The van der Waals surface area contributed by atoms with Gasteiger partial charge in [-0.25, -0.2) is 0 Å². The number of rotatable bonds is 3. The number of aromatic nitrogens is 1. The van der Waals surface area contributed by atoms with Crippen LogP contribution >= 0.6 is 15.9 Å². The van der Waals surface area contributed by atoms with E-state index in [1.54, 1.807) is 6.20 Å². The molecule has 1 aromatic heterocycles. The Labute approximate surface area is 134 Å². The molecule has 1 aromatic carbocycles. The van der Waals surface area contributed by atoms with Crippen molar-refractivity contribution in [1.29, 1.82) is 0 Å². The minimum absolute atomic E-state index is 0.437. The zero-order valence-electron chi connectivity index (χ0n) is 11.4. The normalized spacial score (nSPS) is 32.3. The molecular weight excluding hydrogens is 358 g/mol. The molecule has 2 aromatic rings. The van der Waals surface area contributed by atoms with E-state index in [2.05, 4.69) is 20.9 Å². The number of aromatic amines is 1. The maximum Gasteiger partial charge on any atom is 0.229 e. The molecule has 1 fully saturated rings. The van der Waals surface area contributed by atoms with Gasteiger partial charge in [0.25, 0.3) is 0 Å². The number of aliphatic hydroxyl groups is 4. The van der Waals surface area contributed by atoms with Crippen LogP contribution in [0.2, 0.25) is 0 Å². The van der Waals surface area contributed by atoms with Crippen molar-refractivity contribution in [2.24, 2.45) is 0 Å². The fraction of sp³-hybridized carbons (Fsp3) is 0.429. The molecule has 0 unspecified atom stereocenters. The summed E-state index contributed by atoms with van der Waals surface area (Å²) >= 11 is 3.37. The molecule has 1 saturated heterocycles. The summed E-state index contributed by atoms with van der Waals surface area (Å²) in [5.74, 6) is 0.437. The molecule has 7 nitrogen and oxygen atoms in total. The lowest BCUT2D eigenvalue weighted by molar-refractivity contribution is -0.277. The molecule has 3 rings (SSSR count). The smallest absolute Gasteiger partial charge is 0.229 e. The predicted molar refractivity (Wildman–Crippen MR) is 80.4 cm³/mol. The molecule has 22 heavy (non-hydrogen) atoms. The van der Waals surface area contributed by atoms with Gasteiger partial charge in [0.2, 0.25) is 6.29 Å². The van der Waals surface area contributed by atoms with Crippen LogP contribution in [0.5, 0.6) is 5.75 Å². The Balaban J connectivity index is 1.84. The third-order valence-corrected chi connectivity index (χ3v) is 4.19. The fourth-order valence-electron chi connectivity index (χ4n) is 2.46. The van der Waals surface area contributed by atoms with Crippen LogP contribution in [0.1, 0.15) is 0 Å². The highest BCUT2D eigenvalue weighted by molar-refractivity contribution is 9.10. The van der Waals surface area contributed by atoms with Gasteiger partial charge in [0.1, 0.15) is 30.2 Å². The molecule has 1 aliphatic rings. The van der Waals surface area contributed by atoms with E-state index in [9.17, 15) is 15.3 Å². The van der Waals surface area contributed by atoms with Gasteiger partial charge in [-0.1, -0.05) is 15.9 Å². The first-order valence-electron chi connectivity index (χ1n) is 6.75. The molecule has 0 amide bonds. The topological polar surface area (TPSA) is 115 Å². The largest absolute Gasteiger partial charge is 0.460 e. The number of hydrogen-bond donors (Lipinski definition) is 5. The van der Waals surface area contributed by atoms with Gasteiger partial charge < -0.3 is 34.9 Å². The Bertz CT molecular complexity index is 660. The van der Waals surface area contributed by atoms with Crippen LogP contribution in [0.3, 0.4) is 0 Å². The molecule has 2 heterocycles. The number of halogens is 1. The van der Waals surface area contributed by atoms with Crippen LogP contribution in [0.25, 0.3) is 10.9 Å². The maximum absolute atomic E-state index is 9.98. The molecule has 0 bridgehead atoms. The molecule has 1 aliphatic heterocycles. The summed E-state index contributed by atoms with van der Waals surface area (Å²) in [6.45, 7) is -0.494. The molecule has 0 aliphatic carbocycles. The Hall–Kier alpha value is -1.16. The lowest BCUT2D eigenvalue weighted by atomic mass is 9.99. The Morgan fingerprint density at radius 1 is 1.18 bits per heavy atom. The maximum atomic E-state index is 9.98. The summed E-state index contributed by atoms with van der Waals surface area (Å²) in [6.07, 6.45) is -4.88. The van der Waals surface area contributed by atoms with Crippen LogP contribution in [0.15, 0.2) is 28.9 Å². The van der Waals surface area contributed by atoms with Gasteiger partial charge in [-0.05, 0) is 18.2 Å². The highest BCUT2D eigenvalue weighted by Crippen LogP contribution is 2.31. The van der Waals surface area contributed by atoms with Crippen LogP contribution in [-0.2, 0) is 4.74 Å². The van der Waals surface area contributed by atoms with Gasteiger partial charge in [-0.2, -0.15) is 0 Å². The minimum atomic E-state index is -1.46. The molecule has 5 atom stereocenters. The van der Waals surface area contributed by atoms with Crippen molar-refractivity contribution in [3.05, 3.63) is 28.9 Å². The predicted octanol–water partition coefficient (Wildman–Crippen LogP) is 0.109. The van der Waals surface area contributed by atoms with Gasteiger partial charge >= 0.3 is 0 Å². The van der Waals surface area contributed by atoms with E-state index in [-0.39, 0.29) is 0 Å². The summed E-state index contributed by atoms with van der Waals surface area (Å²) in [5.41, 5.74) is 0.828. The van der Waals surface area contributed by atoms with E-state index in [4.69, 9.17) is 14.6 Å². The number of fused-ring (bicyclic) bond motifs is 1. The van der Waals surface area contributed by atoms with Gasteiger partial charge in [0.05, 0.1) is 12.1 Å². The number of hydrogen-bond acceptors (Lipinski definition) is 6. The monoisotopic (exact) mass is 373 g/mol. The number of benzene rings is 1. The summed E-state index contributed by atoms with van der Waals surface area (Å²) in [7, 11) is 0. The molecule has 120 valence electrons. The van der Waals surface area contributed by atoms with Crippen molar-refractivity contribution in [2.45, 2.75) is 30.7 Å². The summed E-state index contributed by atoms with van der Waals surface area (Å²) in [4.78, 5) is 3.03. The van der Waals surface area contributed by atoms with Crippen molar-refractivity contribution >= 4 is 26.8 Å². The van der Waals surface area contributed by atoms with Crippen molar-refractivity contribution < 1.29 is 29.9 Å². The van der Waals surface area contributed by atoms with Crippen molar-refractivity contribution in [1.82, 2.24) is 4.98 Å². The second-order valence-electron chi connectivity index (χ2n) is 5.16. The number of aliphatic hydroxyl groups excluding tert-OH is 4. The molecule has 8 heteroatoms. The summed E-state index contributed by atoms with van der Waals surface area (Å²) in [5, 5.41) is 39.4. The van der Waals surface area contributed by atoms with E-state index in [0.29, 0.717) is 5.75 Å². The van der Waals surface area contributed by atoms with Crippen LogP contribution in [0, 0.1) is 0 Å². The first kappa shape index (κ1) is 15.7. The fourth-order valence-corrected chi connectivity index (χ4v) is 2.82. The van der Waals surface area contributed by atoms with E-state index in [1.165, 1.54) is 0 Å². The van der Waals surface area contributed by atoms with Crippen LogP contribution in [-0.4, -0.2) is 62.7 Å². The zero-order valence-corrected chi connectivity index (χ0v) is 13.0. The Morgan fingerprint density at radius 2 is 1.95 bits per heavy atom. The van der Waals surface area contributed by atoms with Gasteiger partial charge in [-0.3, -0.25) is 0 Å².